The summed E-state index contributed by atoms with van der Waals surface area (Å²) in [7, 11) is 0. The molecule has 0 unspecified atom stereocenters. The number of benzene rings is 1. The molecule has 1 heterocycles. The number of hydrogen-bond donors (Lipinski definition) is 0. The van der Waals surface area contributed by atoms with Crippen molar-refractivity contribution in [1.82, 2.24) is 4.98 Å². The Morgan fingerprint density at radius 2 is 1.95 bits per heavy atom. The van der Waals surface area contributed by atoms with Crippen molar-refractivity contribution in [1.29, 1.82) is 0 Å². The second kappa shape index (κ2) is 6.62. The van der Waals surface area contributed by atoms with Gasteiger partial charge in [0.25, 0.3) is 0 Å². The molecule has 0 fully saturated rings. The second-order valence-electron chi connectivity index (χ2n) is 4.75. The van der Waals surface area contributed by atoms with E-state index in [1.807, 2.05) is 24.4 Å². The molecule has 0 aliphatic heterocycles. The summed E-state index contributed by atoms with van der Waals surface area (Å²) in [5.41, 5.74) is 3.15. The largest absolute Gasteiger partial charge is 0.294 e. The van der Waals surface area contributed by atoms with Crippen LogP contribution in [0.5, 0.6) is 0 Å². The van der Waals surface area contributed by atoms with Gasteiger partial charge in [-0.3, -0.25) is 4.79 Å². The fraction of sp³-hybridized carbons (Fsp3) is 0.375. The summed E-state index contributed by atoms with van der Waals surface area (Å²) in [5, 5.41) is 3.08. The van der Waals surface area contributed by atoms with E-state index >= 15 is 0 Å². The van der Waals surface area contributed by atoms with Gasteiger partial charge in [-0.25, -0.2) is 4.98 Å². The van der Waals surface area contributed by atoms with Crippen molar-refractivity contribution in [2.75, 3.05) is 0 Å². The van der Waals surface area contributed by atoms with E-state index in [0.29, 0.717) is 6.42 Å². The maximum atomic E-state index is 12.1. The van der Waals surface area contributed by atoms with Gasteiger partial charge in [-0.05, 0) is 18.9 Å². The van der Waals surface area contributed by atoms with Gasteiger partial charge in [0.2, 0.25) is 0 Å². The summed E-state index contributed by atoms with van der Waals surface area (Å²) < 4.78 is 0. The first-order chi connectivity index (χ1) is 9.19. The Hall–Kier alpha value is -1.48. The van der Waals surface area contributed by atoms with Crippen LogP contribution >= 0.6 is 11.3 Å². The van der Waals surface area contributed by atoms with Gasteiger partial charge in [-0.2, -0.15) is 0 Å². The number of nitrogens with zero attached hydrogens (tertiary/aromatic N) is 1. The summed E-state index contributed by atoms with van der Waals surface area (Å²) in [4.78, 5) is 16.5. The van der Waals surface area contributed by atoms with E-state index in [4.69, 9.17) is 0 Å². The van der Waals surface area contributed by atoms with E-state index in [9.17, 15) is 4.79 Å². The van der Waals surface area contributed by atoms with Gasteiger partial charge in [0.05, 0.1) is 5.01 Å². The molecule has 19 heavy (non-hydrogen) atoms. The van der Waals surface area contributed by atoms with Crippen molar-refractivity contribution in [3.63, 3.8) is 0 Å². The Bertz CT molecular complexity index is 542. The predicted octanol–water partition coefficient (Wildman–Crippen LogP) is 4.22. The highest BCUT2D eigenvalue weighted by molar-refractivity contribution is 7.09. The standard InChI is InChI=1S/C16H19NOS/c1-3-4-13-5-7-14(8-6-13)15(18)9-10-16-17-12(2)11-19-16/h5-8,11H,3-4,9-10H2,1-2H3. The third-order valence-corrected chi connectivity index (χ3v) is 4.07. The van der Waals surface area contributed by atoms with E-state index in [1.54, 1.807) is 11.3 Å². The highest BCUT2D eigenvalue weighted by atomic mass is 32.1. The number of ketones is 1. The van der Waals surface area contributed by atoms with Gasteiger partial charge >= 0.3 is 0 Å². The predicted molar refractivity (Wildman–Crippen MR) is 79.9 cm³/mol. The Kier molecular flexibility index (Phi) is 4.86. The lowest BCUT2D eigenvalue weighted by Crippen LogP contribution is -2.01. The van der Waals surface area contributed by atoms with Gasteiger partial charge in [0.15, 0.2) is 5.78 Å². The van der Waals surface area contributed by atoms with E-state index in [2.05, 4.69) is 24.0 Å². The van der Waals surface area contributed by atoms with Gasteiger partial charge in [-0.1, -0.05) is 37.6 Å². The van der Waals surface area contributed by atoms with Crippen molar-refractivity contribution in [2.24, 2.45) is 0 Å². The molecule has 0 aliphatic carbocycles. The number of Topliss-reactive ketones (excluding diaryl/α,β-unsaturated/α-hetero) is 1. The maximum absolute atomic E-state index is 12.1. The van der Waals surface area contributed by atoms with Crippen LogP contribution in [0.15, 0.2) is 29.6 Å². The molecule has 0 amide bonds. The number of carbonyl (C=O) groups excluding carboxylic acids is 1. The number of aryl methyl sites for hydroxylation is 3. The monoisotopic (exact) mass is 273 g/mol. The quantitative estimate of drug-likeness (QED) is 0.738. The summed E-state index contributed by atoms with van der Waals surface area (Å²) in [6.07, 6.45) is 3.50. The highest BCUT2D eigenvalue weighted by Crippen LogP contribution is 2.14. The molecular formula is C16H19NOS. The molecule has 0 N–H and O–H groups in total. The average Bonchev–Trinajstić information content (AvgIpc) is 2.83. The second-order valence-corrected chi connectivity index (χ2v) is 5.70. The zero-order valence-corrected chi connectivity index (χ0v) is 12.3. The topological polar surface area (TPSA) is 30.0 Å². The first-order valence-electron chi connectivity index (χ1n) is 6.72. The molecular weight excluding hydrogens is 254 g/mol. The normalized spacial score (nSPS) is 10.6. The van der Waals surface area contributed by atoms with Crippen LogP contribution in [0.1, 0.15) is 46.4 Å². The molecule has 1 aromatic heterocycles. The van der Waals surface area contributed by atoms with Crippen LogP contribution < -0.4 is 0 Å². The number of rotatable bonds is 6. The minimum absolute atomic E-state index is 0.205. The summed E-state index contributed by atoms with van der Waals surface area (Å²) >= 11 is 1.63. The fourth-order valence-electron chi connectivity index (χ4n) is 2.03. The third-order valence-electron chi connectivity index (χ3n) is 3.05. The molecule has 3 heteroatoms. The average molecular weight is 273 g/mol. The lowest BCUT2D eigenvalue weighted by Gasteiger charge is -2.02. The van der Waals surface area contributed by atoms with Crippen LogP contribution in [0.4, 0.5) is 0 Å². The maximum Gasteiger partial charge on any atom is 0.163 e. The molecule has 0 atom stereocenters. The smallest absolute Gasteiger partial charge is 0.163 e. The minimum atomic E-state index is 0.205. The number of thiazole rings is 1. The molecule has 0 spiro atoms. The molecule has 0 saturated heterocycles. The van der Waals surface area contributed by atoms with E-state index in [0.717, 1.165) is 35.5 Å². The van der Waals surface area contributed by atoms with Crippen molar-refractivity contribution in [3.05, 3.63) is 51.5 Å². The molecule has 0 saturated carbocycles. The molecule has 100 valence electrons. The van der Waals surface area contributed by atoms with Crippen LogP contribution in [0, 0.1) is 6.92 Å². The summed E-state index contributed by atoms with van der Waals surface area (Å²) in [5.74, 6) is 0.205. The molecule has 0 aliphatic rings. The van der Waals surface area contributed by atoms with Crippen LogP contribution in [0.2, 0.25) is 0 Å². The first-order valence-corrected chi connectivity index (χ1v) is 7.60. The van der Waals surface area contributed by atoms with E-state index in [-0.39, 0.29) is 5.78 Å². The molecule has 0 radical (unpaired) electrons. The molecule has 0 bridgehead atoms. The van der Waals surface area contributed by atoms with Gasteiger partial charge in [0, 0.05) is 29.5 Å². The zero-order chi connectivity index (χ0) is 13.7. The van der Waals surface area contributed by atoms with Crippen LogP contribution in [-0.4, -0.2) is 10.8 Å². The third kappa shape index (κ3) is 4.00. The molecule has 2 nitrogen and oxygen atoms in total. The SMILES string of the molecule is CCCc1ccc(C(=O)CCc2nc(C)cs2)cc1. The van der Waals surface area contributed by atoms with Crippen molar-refractivity contribution in [3.8, 4) is 0 Å². The number of carbonyl (C=O) groups is 1. The van der Waals surface area contributed by atoms with Gasteiger partial charge in [0.1, 0.15) is 0 Å². The van der Waals surface area contributed by atoms with Crippen LogP contribution in [0.3, 0.4) is 0 Å². The number of hydrogen-bond acceptors (Lipinski definition) is 3. The van der Waals surface area contributed by atoms with Crippen molar-refractivity contribution in [2.45, 2.75) is 39.5 Å². The minimum Gasteiger partial charge on any atom is -0.294 e. The lowest BCUT2D eigenvalue weighted by molar-refractivity contribution is 0.0983. The first kappa shape index (κ1) is 13.9. The summed E-state index contributed by atoms with van der Waals surface area (Å²) in [6.45, 7) is 4.14. The van der Waals surface area contributed by atoms with Crippen LogP contribution in [-0.2, 0) is 12.8 Å². The van der Waals surface area contributed by atoms with Crippen LogP contribution in [0.25, 0.3) is 0 Å². The fourth-order valence-corrected chi connectivity index (χ4v) is 2.80. The van der Waals surface area contributed by atoms with Crippen molar-refractivity contribution >= 4 is 17.1 Å². The Morgan fingerprint density at radius 1 is 1.21 bits per heavy atom. The zero-order valence-electron chi connectivity index (χ0n) is 11.5. The highest BCUT2D eigenvalue weighted by Gasteiger charge is 2.07. The molecule has 2 rings (SSSR count). The molecule has 1 aromatic carbocycles. The van der Waals surface area contributed by atoms with Gasteiger partial charge < -0.3 is 0 Å². The number of aromatic nitrogens is 1. The lowest BCUT2D eigenvalue weighted by atomic mass is 10.0. The Labute approximate surface area is 118 Å². The summed E-state index contributed by atoms with van der Waals surface area (Å²) in [6, 6.07) is 8.01. The Morgan fingerprint density at radius 3 is 2.53 bits per heavy atom. The van der Waals surface area contributed by atoms with E-state index in [1.165, 1.54) is 5.56 Å². The van der Waals surface area contributed by atoms with Gasteiger partial charge in [-0.15, -0.1) is 11.3 Å². The van der Waals surface area contributed by atoms with Crippen molar-refractivity contribution < 1.29 is 4.79 Å². The van der Waals surface area contributed by atoms with E-state index < -0.39 is 0 Å². The molecule has 2 aromatic rings. The Balaban J connectivity index is 1.92.